The molecule has 0 radical (unpaired) electrons. The van der Waals surface area contributed by atoms with Crippen molar-refractivity contribution in [2.45, 2.75) is 0 Å². The van der Waals surface area contributed by atoms with Crippen molar-refractivity contribution in [2.75, 3.05) is 0 Å². The minimum atomic E-state index is 0.0147. The van der Waals surface area contributed by atoms with E-state index in [1.165, 1.54) is 0 Å². The molecule has 0 saturated heterocycles. The van der Waals surface area contributed by atoms with Crippen LogP contribution in [0.5, 0.6) is 5.75 Å². The van der Waals surface area contributed by atoms with E-state index < -0.39 is 0 Å². The molecule has 1 aromatic heterocycles. The van der Waals surface area contributed by atoms with Crippen molar-refractivity contribution in [2.24, 2.45) is 0 Å². The van der Waals surface area contributed by atoms with Crippen molar-refractivity contribution in [3.05, 3.63) is 51.5 Å². The molecule has 0 aliphatic heterocycles. The Kier molecular flexibility index (Phi) is 3.54. The highest BCUT2D eigenvalue weighted by molar-refractivity contribution is 9.10. The highest BCUT2D eigenvalue weighted by atomic mass is 79.9. The van der Waals surface area contributed by atoms with E-state index in [9.17, 15) is 9.90 Å². The number of phenolic OH excluding ortho intramolecular Hbond substituents is 1. The van der Waals surface area contributed by atoms with E-state index in [2.05, 4.69) is 15.9 Å². The molecule has 0 bridgehead atoms. The maximum atomic E-state index is 10.9. The summed E-state index contributed by atoms with van der Waals surface area (Å²) in [6.45, 7) is 0. The molecule has 0 spiro atoms. The minimum Gasteiger partial charge on any atom is -0.506 e. The number of fused-ring (bicyclic) bond motifs is 1. The van der Waals surface area contributed by atoms with E-state index in [4.69, 9.17) is 11.6 Å². The summed E-state index contributed by atoms with van der Waals surface area (Å²) in [5, 5.41) is 11.5. The zero-order valence-corrected chi connectivity index (χ0v) is 13.2. The summed E-state index contributed by atoms with van der Waals surface area (Å²) in [4.78, 5) is 11.9. The fourth-order valence-electron chi connectivity index (χ4n) is 2.04. The van der Waals surface area contributed by atoms with E-state index in [0.29, 0.717) is 22.3 Å². The molecule has 1 heterocycles. The highest BCUT2D eigenvalue weighted by Crippen LogP contribution is 2.46. The van der Waals surface area contributed by atoms with Crippen molar-refractivity contribution in [1.82, 2.24) is 0 Å². The first kappa shape index (κ1) is 13.6. The lowest BCUT2D eigenvalue weighted by Crippen LogP contribution is -1.81. The number of carbonyl (C=O) groups is 1. The first-order valence-corrected chi connectivity index (χ1v) is 7.75. The molecule has 0 aliphatic rings. The molecule has 0 amide bonds. The summed E-state index contributed by atoms with van der Waals surface area (Å²) in [5.41, 5.74) is 1.30. The number of hydrogen-bond acceptors (Lipinski definition) is 3. The van der Waals surface area contributed by atoms with Crippen LogP contribution in [0.1, 0.15) is 10.4 Å². The average molecular weight is 368 g/mol. The maximum Gasteiger partial charge on any atom is 0.153 e. The van der Waals surface area contributed by atoms with Crippen LogP contribution in [0.2, 0.25) is 5.02 Å². The first-order valence-electron chi connectivity index (χ1n) is 5.77. The molecule has 0 unspecified atom stereocenters. The van der Waals surface area contributed by atoms with Crippen molar-refractivity contribution in [1.29, 1.82) is 0 Å². The summed E-state index contributed by atoms with van der Waals surface area (Å²) >= 11 is 11.0. The molecule has 100 valence electrons. The van der Waals surface area contributed by atoms with Crippen LogP contribution in [0.4, 0.5) is 0 Å². The molecule has 0 saturated carbocycles. The highest BCUT2D eigenvalue weighted by Gasteiger charge is 2.16. The summed E-state index contributed by atoms with van der Waals surface area (Å²) < 4.78 is 1.71. The van der Waals surface area contributed by atoms with Gasteiger partial charge in [0.2, 0.25) is 0 Å². The summed E-state index contributed by atoms with van der Waals surface area (Å²) in [5.74, 6) is 0.0147. The third-order valence-corrected chi connectivity index (χ3v) is 5.55. The van der Waals surface area contributed by atoms with Crippen LogP contribution in [0.25, 0.3) is 20.5 Å². The number of halogens is 2. The van der Waals surface area contributed by atoms with Crippen LogP contribution in [-0.4, -0.2) is 11.4 Å². The third kappa shape index (κ3) is 2.14. The lowest BCUT2D eigenvalue weighted by Gasteiger charge is -2.00. The maximum absolute atomic E-state index is 10.9. The number of phenols is 1. The third-order valence-electron chi connectivity index (χ3n) is 3.04. The van der Waals surface area contributed by atoms with Gasteiger partial charge in [-0.3, -0.25) is 4.79 Å². The van der Waals surface area contributed by atoms with Gasteiger partial charge in [0.1, 0.15) is 5.75 Å². The Labute approximate surface area is 132 Å². The van der Waals surface area contributed by atoms with Crippen LogP contribution >= 0.6 is 38.9 Å². The molecule has 1 N–H and O–H groups in total. The van der Waals surface area contributed by atoms with Gasteiger partial charge in [0.25, 0.3) is 0 Å². The first-order chi connectivity index (χ1) is 9.61. The van der Waals surface area contributed by atoms with E-state index in [0.717, 1.165) is 19.6 Å². The van der Waals surface area contributed by atoms with Gasteiger partial charge >= 0.3 is 0 Å². The Morgan fingerprint density at radius 1 is 1.15 bits per heavy atom. The van der Waals surface area contributed by atoms with Gasteiger partial charge in [0.05, 0.1) is 5.56 Å². The van der Waals surface area contributed by atoms with Gasteiger partial charge in [-0.1, -0.05) is 23.7 Å². The Morgan fingerprint density at radius 2 is 1.85 bits per heavy atom. The van der Waals surface area contributed by atoms with Crippen LogP contribution < -0.4 is 0 Å². The largest absolute Gasteiger partial charge is 0.506 e. The van der Waals surface area contributed by atoms with Gasteiger partial charge in [-0.05, 0) is 45.8 Å². The minimum absolute atomic E-state index is 0.0147. The van der Waals surface area contributed by atoms with E-state index >= 15 is 0 Å². The molecule has 0 aliphatic carbocycles. The number of thiophene rings is 1. The molecule has 0 atom stereocenters. The number of aldehydes is 1. The fraction of sp³-hybridized carbons (Fsp3) is 0. The van der Waals surface area contributed by atoms with Gasteiger partial charge in [0.15, 0.2) is 6.29 Å². The van der Waals surface area contributed by atoms with Gasteiger partial charge < -0.3 is 5.11 Å². The zero-order valence-electron chi connectivity index (χ0n) is 10.1. The summed E-state index contributed by atoms with van der Waals surface area (Å²) in [7, 11) is 0. The molecule has 20 heavy (non-hydrogen) atoms. The van der Waals surface area contributed by atoms with Crippen molar-refractivity contribution >= 4 is 55.2 Å². The van der Waals surface area contributed by atoms with E-state index in [1.807, 2.05) is 30.3 Å². The van der Waals surface area contributed by atoms with Crippen molar-refractivity contribution in [3.8, 4) is 16.2 Å². The normalized spacial score (nSPS) is 10.9. The van der Waals surface area contributed by atoms with Crippen molar-refractivity contribution < 1.29 is 9.90 Å². The van der Waals surface area contributed by atoms with Gasteiger partial charge in [-0.25, -0.2) is 0 Å². The number of carbonyl (C=O) groups excluding carboxylic acids is 1. The van der Waals surface area contributed by atoms with Crippen LogP contribution in [-0.2, 0) is 0 Å². The van der Waals surface area contributed by atoms with Gasteiger partial charge in [-0.15, -0.1) is 11.3 Å². The molecule has 2 aromatic carbocycles. The number of rotatable bonds is 2. The van der Waals surface area contributed by atoms with E-state index in [1.54, 1.807) is 17.4 Å². The van der Waals surface area contributed by atoms with Gasteiger partial charge in [0, 0.05) is 24.5 Å². The second-order valence-electron chi connectivity index (χ2n) is 4.25. The molecule has 3 aromatic rings. The molecular formula is C15H8BrClO2S. The second kappa shape index (κ2) is 5.20. The van der Waals surface area contributed by atoms with Gasteiger partial charge in [-0.2, -0.15) is 0 Å². The lowest BCUT2D eigenvalue weighted by atomic mass is 10.1. The number of aromatic hydroxyl groups is 1. The molecule has 3 rings (SSSR count). The Balaban J connectivity index is 2.28. The lowest BCUT2D eigenvalue weighted by molar-refractivity contribution is 0.112. The standard InChI is InChI=1S/C15H8BrClO2S/c16-13-12-11(6-3-9(7-18)14(12)19)20-15(13)8-1-4-10(17)5-2-8/h1-7,19H. The molecular weight excluding hydrogens is 360 g/mol. The predicted octanol–water partition coefficient (Wildman–Crippen LogP) is 5.50. The number of hydrogen-bond donors (Lipinski definition) is 1. The van der Waals surface area contributed by atoms with Crippen LogP contribution in [0, 0.1) is 0 Å². The second-order valence-corrected chi connectivity index (χ2v) is 6.53. The van der Waals surface area contributed by atoms with Crippen LogP contribution in [0.15, 0.2) is 40.9 Å². The summed E-state index contributed by atoms with van der Waals surface area (Å²) in [6, 6.07) is 11.0. The topological polar surface area (TPSA) is 37.3 Å². The fourth-order valence-corrected chi connectivity index (χ4v) is 4.27. The molecule has 0 fully saturated rings. The zero-order chi connectivity index (χ0) is 14.3. The monoisotopic (exact) mass is 366 g/mol. The SMILES string of the molecule is O=Cc1ccc2sc(-c3ccc(Cl)cc3)c(Br)c2c1O. The van der Waals surface area contributed by atoms with Crippen molar-refractivity contribution in [3.63, 3.8) is 0 Å². The predicted molar refractivity (Wildman–Crippen MR) is 87.0 cm³/mol. The molecule has 5 heteroatoms. The Hall–Kier alpha value is -1.36. The Bertz CT molecular complexity index is 809. The molecule has 2 nitrogen and oxygen atoms in total. The smallest absolute Gasteiger partial charge is 0.153 e. The van der Waals surface area contributed by atoms with Crippen LogP contribution in [0.3, 0.4) is 0 Å². The average Bonchev–Trinajstić information content (AvgIpc) is 2.78. The van der Waals surface area contributed by atoms with E-state index in [-0.39, 0.29) is 5.75 Å². The Morgan fingerprint density at radius 3 is 2.50 bits per heavy atom. The quantitative estimate of drug-likeness (QED) is 0.607. The summed E-state index contributed by atoms with van der Waals surface area (Å²) in [6.07, 6.45) is 0.654. The number of benzene rings is 2.